The average Bonchev–Trinajstić information content (AvgIpc) is 3.09. The zero-order valence-corrected chi connectivity index (χ0v) is 19.0. The topological polar surface area (TPSA) is 9.23 Å². The Morgan fingerprint density at radius 2 is 1.24 bits per heavy atom. The summed E-state index contributed by atoms with van der Waals surface area (Å²) in [6, 6.07) is 34.7. The monoisotopic (exact) mass is 507 g/mol. The van der Waals surface area contributed by atoms with Crippen molar-refractivity contribution >= 4 is 53.2 Å². The van der Waals surface area contributed by atoms with E-state index in [9.17, 15) is 0 Å². The second kappa shape index (κ2) is 7.81. The molecule has 3 heteroatoms. The van der Waals surface area contributed by atoms with Gasteiger partial charge in [-0.05, 0) is 83.6 Å². The Bertz CT molecular complexity index is 1230. The van der Waals surface area contributed by atoms with Crippen LogP contribution < -0.4 is 4.74 Å². The summed E-state index contributed by atoms with van der Waals surface area (Å²) in [6.07, 6.45) is 0.0215. The van der Waals surface area contributed by atoms with Crippen molar-refractivity contribution in [2.45, 2.75) is 13.0 Å². The van der Waals surface area contributed by atoms with Crippen molar-refractivity contribution in [1.82, 2.24) is 0 Å². The highest BCUT2D eigenvalue weighted by atomic mass is 127. The van der Waals surface area contributed by atoms with Crippen LogP contribution in [-0.4, -0.2) is 0 Å². The molecule has 1 heterocycles. The molecule has 0 saturated carbocycles. The van der Waals surface area contributed by atoms with E-state index >= 15 is 0 Å². The van der Waals surface area contributed by atoms with Crippen LogP contribution in [0.15, 0.2) is 97.1 Å². The van der Waals surface area contributed by atoms with Crippen LogP contribution in [0.1, 0.15) is 18.6 Å². The van der Waals surface area contributed by atoms with E-state index in [2.05, 4.69) is 127 Å². The van der Waals surface area contributed by atoms with E-state index in [0.29, 0.717) is 0 Å². The number of rotatable bonds is 4. The second-order valence-electron chi connectivity index (χ2n) is 7.08. The molecule has 29 heavy (non-hydrogen) atoms. The molecular formula is C26H20IOS+. The summed E-state index contributed by atoms with van der Waals surface area (Å²) in [5.41, 5.74) is 1.19. The van der Waals surface area contributed by atoms with Gasteiger partial charge in [-0.25, -0.2) is 0 Å². The predicted molar refractivity (Wildman–Crippen MR) is 133 cm³/mol. The Labute approximate surface area is 187 Å². The number of fused-ring (bicyclic) bond motifs is 3. The van der Waals surface area contributed by atoms with E-state index in [1.165, 1.54) is 34.2 Å². The lowest BCUT2D eigenvalue weighted by atomic mass is 10.1. The molecule has 0 amide bonds. The number of thiophene rings is 1. The Morgan fingerprint density at radius 3 is 1.83 bits per heavy atom. The van der Waals surface area contributed by atoms with Crippen LogP contribution in [-0.2, 0) is 0 Å². The first-order chi connectivity index (χ1) is 14.2. The molecule has 1 nitrogen and oxygen atoms in total. The lowest BCUT2D eigenvalue weighted by Crippen LogP contribution is -2.02. The standard InChI is InChI=1S/C26H20IOS/c1-18(19-10-12-20(27)13-11-19)28-21-14-16-22(17-15-21)29-25-8-4-2-6-23(25)24-7-3-5-9-26(24)29/h2-18H,1H3/q+1. The van der Waals surface area contributed by atoms with Crippen molar-refractivity contribution in [2.75, 3.05) is 0 Å². The van der Waals surface area contributed by atoms with Gasteiger partial charge in [-0.3, -0.25) is 0 Å². The third-order valence-corrected chi connectivity index (χ3v) is 8.27. The zero-order chi connectivity index (χ0) is 19.8. The molecule has 0 saturated heterocycles. The van der Waals surface area contributed by atoms with Crippen LogP contribution >= 0.6 is 33.1 Å². The van der Waals surface area contributed by atoms with E-state index < -0.39 is 0 Å². The first-order valence-electron chi connectivity index (χ1n) is 9.65. The molecule has 1 unspecified atom stereocenters. The van der Waals surface area contributed by atoms with Crippen molar-refractivity contribution in [3.8, 4) is 10.6 Å². The molecule has 0 aliphatic carbocycles. The Balaban J connectivity index is 1.50. The van der Waals surface area contributed by atoms with E-state index in [-0.39, 0.29) is 16.6 Å². The summed E-state index contributed by atoms with van der Waals surface area (Å²) in [5, 5.41) is 2.72. The van der Waals surface area contributed by atoms with Gasteiger partial charge in [0.25, 0.3) is 0 Å². The zero-order valence-electron chi connectivity index (χ0n) is 16.0. The molecule has 0 bridgehead atoms. The fourth-order valence-electron chi connectivity index (χ4n) is 3.77. The van der Waals surface area contributed by atoms with Gasteiger partial charge in [-0.2, -0.15) is 0 Å². The number of hydrogen-bond acceptors (Lipinski definition) is 1. The van der Waals surface area contributed by atoms with E-state index in [4.69, 9.17) is 4.74 Å². The number of halogens is 1. The molecule has 1 aromatic heterocycles. The van der Waals surface area contributed by atoms with Gasteiger partial charge in [-0.15, -0.1) is 0 Å². The first-order valence-corrected chi connectivity index (χ1v) is 12.0. The van der Waals surface area contributed by atoms with E-state index in [0.717, 1.165) is 5.75 Å². The van der Waals surface area contributed by atoms with Gasteiger partial charge in [0.15, 0.2) is 14.3 Å². The summed E-state index contributed by atoms with van der Waals surface area (Å²) in [5.74, 6) is 0.907. The van der Waals surface area contributed by atoms with Crippen molar-refractivity contribution in [3.05, 3.63) is 106 Å². The molecule has 1 atom stereocenters. The van der Waals surface area contributed by atoms with Gasteiger partial charge in [0.05, 0.1) is 0 Å². The van der Waals surface area contributed by atoms with Gasteiger partial charge in [0.2, 0.25) is 0 Å². The summed E-state index contributed by atoms with van der Waals surface area (Å²) in [6.45, 7) is 2.10. The minimum Gasteiger partial charge on any atom is -0.486 e. The average molecular weight is 507 g/mol. The lowest BCUT2D eigenvalue weighted by molar-refractivity contribution is 0.227. The van der Waals surface area contributed by atoms with Gasteiger partial charge in [-0.1, -0.05) is 36.4 Å². The molecule has 0 fully saturated rings. The largest absolute Gasteiger partial charge is 0.486 e. The maximum absolute atomic E-state index is 6.20. The number of ether oxygens (including phenoxy) is 1. The van der Waals surface area contributed by atoms with Gasteiger partial charge < -0.3 is 4.74 Å². The highest BCUT2D eigenvalue weighted by Gasteiger charge is 2.23. The van der Waals surface area contributed by atoms with Gasteiger partial charge in [0, 0.05) is 36.9 Å². The first kappa shape index (κ1) is 18.6. The third kappa shape index (κ3) is 3.53. The minimum absolute atomic E-state index is 0.0215. The molecule has 5 aromatic rings. The summed E-state index contributed by atoms with van der Waals surface area (Å²) in [7, 11) is -0.0565. The summed E-state index contributed by atoms with van der Waals surface area (Å²) < 4.78 is 10.3. The van der Waals surface area contributed by atoms with Crippen LogP contribution in [0.2, 0.25) is 0 Å². The molecule has 0 aliphatic heterocycles. The SMILES string of the molecule is CC(Oc1ccc(-[s+]2c3ccccc3c3ccccc32)cc1)c1ccc(I)cc1. The second-order valence-corrected chi connectivity index (χ2v) is 10.3. The quantitative estimate of drug-likeness (QED) is 0.175. The van der Waals surface area contributed by atoms with Crippen molar-refractivity contribution in [3.63, 3.8) is 0 Å². The smallest absolute Gasteiger partial charge is 0.187 e. The Morgan fingerprint density at radius 1 is 0.690 bits per heavy atom. The molecule has 4 aromatic carbocycles. The normalized spacial score (nSPS) is 12.3. The maximum Gasteiger partial charge on any atom is 0.187 e. The van der Waals surface area contributed by atoms with E-state index in [1.54, 1.807) is 0 Å². The number of hydrogen-bond donors (Lipinski definition) is 0. The Hall–Kier alpha value is -2.37. The van der Waals surface area contributed by atoms with Crippen LogP contribution in [0.25, 0.3) is 25.1 Å². The van der Waals surface area contributed by atoms with Crippen molar-refractivity contribution in [1.29, 1.82) is 0 Å². The highest BCUT2D eigenvalue weighted by molar-refractivity contribution is 14.1. The molecular weight excluding hydrogens is 487 g/mol. The number of benzene rings is 4. The minimum atomic E-state index is -0.0565. The van der Waals surface area contributed by atoms with Gasteiger partial charge >= 0.3 is 0 Å². The molecule has 0 N–H and O–H groups in total. The predicted octanol–water partition coefficient (Wildman–Crippen LogP) is 8.48. The molecule has 142 valence electrons. The van der Waals surface area contributed by atoms with Crippen molar-refractivity contribution < 1.29 is 4.74 Å². The molecule has 5 rings (SSSR count). The van der Waals surface area contributed by atoms with Crippen LogP contribution in [0.4, 0.5) is 0 Å². The highest BCUT2D eigenvalue weighted by Crippen LogP contribution is 2.48. The Kier molecular flexibility index (Phi) is 5.02. The fraction of sp³-hybridized carbons (Fsp3) is 0.0769. The molecule has 0 aliphatic rings. The summed E-state index contributed by atoms with van der Waals surface area (Å²) in [4.78, 5) is 1.33. The lowest BCUT2D eigenvalue weighted by Gasteiger charge is -2.15. The third-order valence-electron chi connectivity index (χ3n) is 5.22. The fourth-order valence-corrected chi connectivity index (χ4v) is 6.50. The maximum atomic E-state index is 6.20. The molecule has 0 spiro atoms. The van der Waals surface area contributed by atoms with Crippen LogP contribution in [0.5, 0.6) is 5.75 Å². The van der Waals surface area contributed by atoms with Crippen LogP contribution in [0.3, 0.4) is 0 Å². The molecule has 0 radical (unpaired) electrons. The van der Waals surface area contributed by atoms with Crippen LogP contribution in [0, 0.1) is 3.57 Å². The van der Waals surface area contributed by atoms with Crippen molar-refractivity contribution in [2.24, 2.45) is 0 Å². The summed E-state index contributed by atoms with van der Waals surface area (Å²) >= 11 is 2.33. The van der Waals surface area contributed by atoms with Gasteiger partial charge in [0.1, 0.15) is 11.9 Å². The van der Waals surface area contributed by atoms with E-state index in [1.807, 2.05) is 0 Å².